The Morgan fingerprint density at radius 3 is 2.79 bits per heavy atom. The molecule has 0 saturated carbocycles. The molecule has 1 aliphatic heterocycles. The van der Waals surface area contributed by atoms with Crippen LogP contribution in [0.15, 0.2) is 47.4 Å². The molecule has 3 nitrogen and oxygen atoms in total. The number of thiocarbonyl (C=S) groups is 1. The van der Waals surface area contributed by atoms with Crippen molar-refractivity contribution in [2.24, 2.45) is 0 Å². The molecule has 1 N–H and O–H groups in total. The molecule has 1 fully saturated rings. The van der Waals surface area contributed by atoms with Crippen LogP contribution in [0.5, 0.6) is 5.75 Å². The Bertz CT molecular complexity index is 854. The first kappa shape index (κ1) is 17.0. The van der Waals surface area contributed by atoms with Crippen molar-refractivity contribution in [3.63, 3.8) is 0 Å². The van der Waals surface area contributed by atoms with Crippen molar-refractivity contribution in [2.45, 2.75) is 6.61 Å². The van der Waals surface area contributed by atoms with E-state index in [-0.39, 0.29) is 18.3 Å². The molecule has 1 amide bonds. The van der Waals surface area contributed by atoms with Crippen LogP contribution in [0, 0.1) is 5.82 Å². The lowest BCUT2D eigenvalue weighted by Crippen LogP contribution is -2.17. The fourth-order valence-corrected chi connectivity index (χ4v) is 3.31. The molecule has 0 bridgehead atoms. The maximum Gasteiger partial charge on any atom is 0.263 e. The van der Waals surface area contributed by atoms with Crippen molar-refractivity contribution in [2.75, 3.05) is 0 Å². The van der Waals surface area contributed by atoms with E-state index in [9.17, 15) is 9.18 Å². The van der Waals surface area contributed by atoms with Crippen LogP contribution >= 0.6 is 35.6 Å². The maximum atomic E-state index is 13.7. The number of carbonyl (C=O) groups is 1. The van der Waals surface area contributed by atoms with E-state index in [0.29, 0.717) is 31.1 Å². The molecule has 0 spiro atoms. The Labute approximate surface area is 152 Å². The Morgan fingerprint density at radius 1 is 1.29 bits per heavy atom. The van der Waals surface area contributed by atoms with Crippen LogP contribution in [0.3, 0.4) is 0 Å². The largest absolute Gasteiger partial charge is 0.488 e. The summed E-state index contributed by atoms with van der Waals surface area (Å²) in [5, 5.41) is 3.06. The predicted molar refractivity (Wildman–Crippen MR) is 98.5 cm³/mol. The van der Waals surface area contributed by atoms with Gasteiger partial charge < -0.3 is 10.1 Å². The zero-order chi connectivity index (χ0) is 17.1. The highest BCUT2D eigenvalue weighted by atomic mass is 35.5. The summed E-state index contributed by atoms with van der Waals surface area (Å²) in [7, 11) is 0. The third kappa shape index (κ3) is 3.95. The van der Waals surface area contributed by atoms with E-state index in [1.54, 1.807) is 42.5 Å². The maximum absolute atomic E-state index is 13.7. The lowest BCUT2D eigenvalue weighted by Gasteiger charge is -2.10. The monoisotopic (exact) mass is 379 g/mol. The van der Waals surface area contributed by atoms with Gasteiger partial charge in [0, 0.05) is 16.1 Å². The molecule has 0 aliphatic carbocycles. The zero-order valence-corrected chi connectivity index (χ0v) is 14.6. The van der Waals surface area contributed by atoms with E-state index < -0.39 is 0 Å². The van der Waals surface area contributed by atoms with Crippen LogP contribution in [-0.2, 0) is 11.4 Å². The summed E-state index contributed by atoms with van der Waals surface area (Å²) in [5.74, 6) is -0.0890. The highest BCUT2D eigenvalue weighted by molar-refractivity contribution is 8.26. The van der Waals surface area contributed by atoms with Gasteiger partial charge in [0.25, 0.3) is 5.91 Å². The van der Waals surface area contributed by atoms with Gasteiger partial charge >= 0.3 is 0 Å². The van der Waals surface area contributed by atoms with Gasteiger partial charge in [-0.25, -0.2) is 4.39 Å². The highest BCUT2D eigenvalue weighted by Crippen LogP contribution is 2.31. The highest BCUT2D eigenvalue weighted by Gasteiger charge is 2.22. The van der Waals surface area contributed by atoms with E-state index in [1.807, 2.05) is 0 Å². The fourth-order valence-electron chi connectivity index (χ4n) is 2.10. The lowest BCUT2D eigenvalue weighted by atomic mass is 10.1. The van der Waals surface area contributed by atoms with Gasteiger partial charge in [-0.15, -0.1) is 0 Å². The van der Waals surface area contributed by atoms with Gasteiger partial charge in [0.2, 0.25) is 0 Å². The number of amides is 1. The number of hydrogen-bond acceptors (Lipinski definition) is 4. The molecular weight excluding hydrogens is 369 g/mol. The second-order valence-corrected chi connectivity index (χ2v) is 7.07. The van der Waals surface area contributed by atoms with Crippen molar-refractivity contribution < 1.29 is 13.9 Å². The van der Waals surface area contributed by atoms with Crippen molar-refractivity contribution in [1.82, 2.24) is 5.32 Å². The molecule has 0 radical (unpaired) electrons. The number of carbonyl (C=O) groups excluding carboxylic acids is 1. The normalized spacial score (nSPS) is 15.7. The molecule has 2 aromatic carbocycles. The van der Waals surface area contributed by atoms with Crippen LogP contribution in [0.2, 0.25) is 5.02 Å². The molecular formula is C17H11ClFNO2S2. The SMILES string of the molecule is O=C1NC(=S)S/C1=C\c1cc(Cl)ccc1OCc1ccccc1F. The molecule has 2 aromatic rings. The Morgan fingerprint density at radius 2 is 2.08 bits per heavy atom. The average Bonchev–Trinajstić information content (AvgIpc) is 2.85. The summed E-state index contributed by atoms with van der Waals surface area (Å²) in [6, 6.07) is 11.4. The summed E-state index contributed by atoms with van der Waals surface area (Å²) in [6.45, 7) is 0.0717. The van der Waals surface area contributed by atoms with Crippen molar-refractivity contribution in [3.05, 3.63) is 69.3 Å². The number of hydrogen-bond donors (Lipinski definition) is 1. The van der Waals surface area contributed by atoms with Crippen LogP contribution in [0.25, 0.3) is 6.08 Å². The second kappa shape index (κ2) is 7.34. The number of rotatable bonds is 4. The van der Waals surface area contributed by atoms with E-state index in [1.165, 1.54) is 17.8 Å². The third-order valence-corrected chi connectivity index (χ3v) is 4.64. The molecule has 122 valence electrons. The molecule has 1 saturated heterocycles. The lowest BCUT2D eigenvalue weighted by molar-refractivity contribution is -0.115. The molecule has 3 rings (SSSR count). The Balaban J connectivity index is 1.86. The topological polar surface area (TPSA) is 38.3 Å². The minimum Gasteiger partial charge on any atom is -0.488 e. The van der Waals surface area contributed by atoms with Crippen molar-refractivity contribution >= 4 is 51.9 Å². The standard InChI is InChI=1S/C17H11ClFNO2S2/c18-12-5-6-14(22-9-10-3-1-2-4-13(10)19)11(7-12)8-15-16(21)20-17(23)24-15/h1-8H,9H2,(H,20,21,23)/b15-8-. The van der Waals surface area contributed by atoms with Gasteiger partial charge in [0.05, 0.1) is 4.91 Å². The van der Waals surface area contributed by atoms with E-state index in [4.69, 9.17) is 28.6 Å². The number of halogens is 2. The summed E-state index contributed by atoms with van der Waals surface area (Å²) in [6.07, 6.45) is 1.65. The summed E-state index contributed by atoms with van der Waals surface area (Å²) in [5.41, 5.74) is 1.07. The molecule has 7 heteroatoms. The van der Waals surface area contributed by atoms with E-state index in [0.717, 1.165) is 0 Å². The molecule has 24 heavy (non-hydrogen) atoms. The smallest absolute Gasteiger partial charge is 0.263 e. The molecule has 0 aromatic heterocycles. The van der Waals surface area contributed by atoms with E-state index in [2.05, 4.69) is 5.32 Å². The van der Waals surface area contributed by atoms with Gasteiger partial charge in [-0.3, -0.25) is 4.79 Å². The number of thioether (sulfide) groups is 1. The van der Waals surface area contributed by atoms with E-state index >= 15 is 0 Å². The molecule has 1 aliphatic rings. The van der Waals surface area contributed by atoms with Gasteiger partial charge in [-0.2, -0.15) is 0 Å². The second-order valence-electron chi connectivity index (χ2n) is 4.91. The average molecular weight is 380 g/mol. The summed E-state index contributed by atoms with van der Waals surface area (Å²) in [4.78, 5) is 12.3. The molecule has 0 unspecified atom stereocenters. The Hall–Kier alpha value is -1.89. The molecule has 1 heterocycles. The van der Waals surface area contributed by atoms with Crippen LogP contribution in [0.1, 0.15) is 11.1 Å². The minimum atomic E-state index is -0.331. The Kier molecular flexibility index (Phi) is 5.18. The van der Waals surface area contributed by atoms with Crippen LogP contribution < -0.4 is 10.1 Å². The minimum absolute atomic E-state index is 0.0717. The fraction of sp³-hybridized carbons (Fsp3) is 0.0588. The number of nitrogens with one attached hydrogen (secondary N) is 1. The van der Waals surface area contributed by atoms with Gasteiger partial charge in [-0.1, -0.05) is 53.8 Å². The van der Waals surface area contributed by atoms with Gasteiger partial charge in [0.15, 0.2) is 0 Å². The first-order chi connectivity index (χ1) is 11.5. The first-order valence-electron chi connectivity index (χ1n) is 6.93. The van der Waals surface area contributed by atoms with Crippen molar-refractivity contribution in [1.29, 1.82) is 0 Å². The van der Waals surface area contributed by atoms with Gasteiger partial charge in [0.1, 0.15) is 22.5 Å². The van der Waals surface area contributed by atoms with Gasteiger partial charge in [-0.05, 0) is 30.3 Å². The first-order valence-corrected chi connectivity index (χ1v) is 8.54. The van der Waals surface area contributed by atoms with Crippen LogP contribution in [0.4, 0.5) is 4.39 Å². The van der Waals surface area contributed by atoms with Crippen molar-refractivity contribution in [3.8, 4) is 5.75 Å². The quantitative estimate of drug-likeness (QED) is 0.625. The zero-order valence-electron chi connectivity index (χ0n) is 12.2. The predicted octanol–water partition coefficient (Wildman–Crippen LogP) is 4.55. The number of benzene rings is 2. The molecule has 0 atom stereocenters. The third-order valence-electron chi connectivity index (χ3n) is 3.24. The van der Waals surface area contributed by atoms with Crippen LogP contribution in [-0.4, -0.2) is 10.2 Å². The number of ether oxygens (including phenoxy) is 1. The summed E-state index contributed by atoms with van der Waals surface area (Å²) < 4.78 is 19.8. The summed E-state index contributed by atoms with van der Waals surface area (Å²) >= 11 is 12.2.